The van der Waals surface area contributed by atoms with Crippen LogP contribution >= 0.6 is 0 Å². The van der Waals surface area contributed by atoms with Crippen LogP contribution in [0.3, 0.4) is 0 Å². The lowest BCUT2D eigenvalue weighted by Gasteiger charge is -2.09. The van der Waals surface area contributed by atoms with Gasteiger partial charge in [0, 0.05) is 5.56 Å². The SMILES string of the molecule is Cc1ccc(C)c(NS(=O)(=O)c2ccc(-c3onc(C)c3C)o2)c1. The molecule has 0 amide bonds. The Labute approximate surface area is 140 Å². The highest BCUT2D eigenvalue weighted by Crippen LogP contribution is 2.29. The molecule has 3 aromatic rings. The molecule has 0 spiro atoms. The van der Waals surface area contributed by atoms with Gasteiger partial charge in [-0.25, -0.2) is 0 Å². The van der Waals surface area contributed by atoms with E-state index in [0.29, 0.717) is 17.2 Å². The fourth-order valence-corrected chi connectivity index (χ4v) is 3.33. The lowest BCUT2D eigenvalue weighted by atomic mass is 10.1. The van der Waals surface area contributed by atoms with Gasteiger partial charge in [-0.15, -0.1) is 0 Å². The number of hydrogen-bond acceptors (Lipinski definition) is 5. The van der Waals surface area contributed by atoms with Crippen LogP contribution in [0.25, 0.3) is 11.5 Å². The zero-order valence-corrected chi connectivity index (χ0v) is 14.7. The molecule has 7 heteroatoms. The first kappa shape index (κ1) is 16.3. The molecule has 0 fully saturated rings. The van der Waals surface area contributed by atoms with E-state index >= 15 is 0 Å². The molecular weight excluding hydrogens is 328 g/mol. The molecule has 24 heavy (non-hydrogen) atoms. The van der Waals surface area contributed by atoms with Gasteiger partial charge in [0.15, 0.2) is 5.76 Å². The Bertz CT molecular complexity index is 1000. The van der Waals surface area contributed by atoms with Crippen molar-refractivity contribution in [3.63, 3.8) is 0 Å². The van der Waals surface area contributed by atoms with Gasteiger partial charge in [-0.2, -0.15) is 8.42 Å². The molecule has 6 nitrogen and oxygen atoms in total. The summed E-state index contributed by atoms with van der Waals surface area (Å²) in [5, 5.41) is 3.68. The third-order valence-electron chi connectivity index (χ3n) is 3.86. The molecule has 0 radical (unpaired) electrons. The van der Waals surface area contributed by atoms with Crippen molar-refractivity contribution in [2.45, 2.75) is 32.8 Å². The minimum Gasteiger partial charge on any atom is -0.439 e. The Hall–Kier alpha value is -2.54. The third kappa shape index (κ3) is 2.94. The number of anilines is 1. The lowest BCUT2D eigenvalue weighted by Crippen LogP contribution is -2.13. The van der Waals surface area contributed by atoms with Crippen molar-refractivity contribution in [2.75, 3.05) is 4.72 Å². The molecule has 2 aromatic heterocycles. The van der Waals surface area contributed by atoms with E-state index in [1.54, 1.807) is 12.1 Å². The summed E-state index contributed by atoms with van der Waals surface area (Å²) in [6, 6.07) is 8.53. The number of aryl methyl sites for hydroxylation is 3. The quantitative estimate of drug-likeness (QED) is 0.772. The van der Waals surface area contributed by atoms with Crippen LogP contribution in [-0.4, -0.2) is 13.6 Å². The van der Waals surface area contributed by atoms with Crippen molar-refractivity contribution in [3.05, 3.63) is 52.7 Å². The number of nitrogens with zero attached hydrogens (tertiary/aromatic N) is 1. The van der Waals surface area contributed by atoms with Crippen LogP contribution in [0, 0.1) is 27.7 Å². The average molecular weight is 346 g/mol. The van der Waals surface area contributed by atoms with Gasteiger partial charge >= 0.3 is 0 Å². The first-order chi connectivity index (χ1) is 11.3. The van der Waals surface area contributed by atoms with Gasteiger partial charge in [0.05, 0.1) is 11.4 Å². The summed E-state index contributed by atoms with van der Waals surface area (Å²) < 4.78 is 38.3. The zero-order chi connectivity index (χ0) is 17.5. The van der Waals surface area contributed by atoms with Crippen molar-refractivity contribution in [2.24, 2.45) is 0 Å². The maximum atomic E-state index is 12.5. The largest absolute Gasteiger partial charge is 0.439 e. The van der Waals surface area contributed by atoms with Crippen molar-refractivity contribution < 1.29 is 17.4 Å². The van der Waals surface area contributed by atoms with E-state index in [-0.39, 0.29) is 5.09 Å². The maximum Gasteiger partial charge on any atom is 0.295 e. The summed E-state index contributed by atoms with van der Waals surface area (Å²) in [5.74, 6) is 0.759. The number of aromatic nitrogens is 1. The molecular formula is C17H18N2O4S. The summed E-state index contributed by atoms with van der Waals surface area (Å²) in [7, 11) is -3.82. The molecule has 0 saturated carbocycles. The summed E-state index contributed by atoms with van der Waals surface area (Å²) >= 11 is 0. The second-order valence-electron chi connectivity index (χ2n) is 5.76. The summed E-state index contributed by atoms with van der Waals surface area (Å²) in [5.41, 5.74) is 3.87. The number of nitrogens with one attached hydrogen (secondary N) is 1. The second kappa shape index (κ2) is 5.83. The lowest BCUT2D eigenvalue weighted by molar-refractivity contribution is 0.398. The number of furan rings is 1. The summed E-state index contributed by atoms with van der Waals surface area (Å²) in [4.78, 5) is 0. The monoisotopic (exact) mass is 346 g/mol. The Morgan fingerprint density at radius 1 is 1.04 bits per heavy atom. The highest BCUT2D eigenvalue weighted by atomic mass is 32.2. The van der Waals surface area contributed by atoms with E-state index in [1.165, 1.54) is 6.07 Å². The average Bonchev–Trinajstić information content (AvgIpc) is 3.12. The highest BCUT2D eigenvalue weighted by Gasteiger charge is 2.22. The Morgan fingerprint density at radius 3 is 2.46 bits per heavy atom. The molecule has 0 aliphatic carbocycles. The number of hydrogen-bond donors (Lipinski definition) is 1. The van der Waals surface area contributed by atoms with Gasteiger partial charge in [-0.3, -0.25) is 4.72 Å². The van der Waals surface area contributed by atoms with Gasteiger partial charge in [-0.05, 0) is 57.0 Å². The van der Waals surface area contributed by atoms with Crippen LogP contribution in [0.5, 0.6) is 0 Å². The summed E-state index contributed by atoms with van der Waals surface area (Å²) in [6.45, 7) is 7.39. The van der Waals surface area contributed by atoms with E-state index in [1.807, 2.05) is 39.8 Å². The smallest absolute Gasteiger partial charge is 0.295 e. The van der Waals surface area contributed by atoms with Gasteiger partial charge in [0.2, 0.25) is 10.9 Å². The number of benzene rings is 1. The maximum absolute atomic E-state index is 12.5. The number of rotatable bonds is 4. The van der Waals surface area contributed by atoms with Crippen LogP contribution in [0.2, 0.25) is 0 Å². The van der Waals surface area contributed by atoms with Gasteiger partial charge in [0.25, 0.3) is 10.0 Å². The fraction of sp³-hybridized carbons (Fsp3) is 0.235. The van der Waals surface area contributed by atoms with E-state index < -0.39 is 10.0 Å². The first-order valence-corrected chi connectivity index (χ1v) is 8.89. The minimum atomic E-state index is -3.82. The molecule has 0 saturated heterocycles. The Kier molecular flexibility index (Phi) is 3.96. The van der Waals surface area contributed by atoms with Crippen LogP contribution in [0.4, 0.5) is 5.69 Å². The predicted octanol–water partition coefficient (Wildman–Crippen LogP) is 3.97. The Balaban J connectivity index is 1.94. The van der Waals surface area contributed by atoms with Crippen LogP contribution in [0.15, 0.2) is 44.4 Å². The predicted molar refractivity (Wildman–Crippen MR) is 90.4 cm³/mol. The van der Waals surface area contributed by atoms with E-state index in [2.05, 4.69) is 9.88 Å². The molecule has 3 rings (SSSR count). The topological polar surface area (TPSA) is 85.3 Å². The molecule has 2 heterocycles. The zero-order valence-electron chi connectivity index (χ0n) is 13.9. The van der Waals surface area contributed by atoms with E-state index in [0.717, 1.165) is 22.4 Å². The Morgan fingerprint density at radius 2 is 1.79 bits per heavy atom. The standard InChI is InChI=1S/C17H18N2O4S/c1-10-5-6-11(2)14(9-10)19-24(20,21)16-8-7-15(22-16)17-12(3)13(4)18-23-17/h5-9,19H,1-4H3. The van der Waals surface area contributed by atoms with Crippen molar-refractivity contribution >= 4 is 15.7 Å². The molecule has 0 bridgehead atoms. The molecule has 0 unspecified atom stereocenters. The highest BCUT2D eigenvalue weighted by molar-refractivity contribution is 7.92. The van der Waals surface area contributed by atoms with Gasteiger partial charge in [0.1, 0.15) is 0 Å². The van der Waals surface area contributed by atoms with Crippen molar-refractivity contribution in [3.8, 4) is 11.5 Å². The molecule has 0 aliphatic rings. The van der Waals surface area contributed by atoms with Crippen LogP contribution in [-0.2, 0) is 10.0 Å². The van der Waals surface area contributed by atoms with Gasteiger partial charge in [-0.1, -0.05) is 17.3 Å². The molecule has 0 atom stereocenters. The normalized spacial score (nSPS) is 11.7. The minimum absolute atomic E-state index is 0.174. The van der Waals surface area contributed by atoms with Crippen molar-refractivity contribution in [1.29, 1.82) is 0 Å². The summed E-state index contributed by atoms with van der Waals surface area (Å²) in [6.07, 6.45) is 0. The van der Waals surface area contributed by atoms with Crippen LogP contribution < -0.4 is 4.72 Å². The van der Waals surface area contributed by atoms with Gasteiger partial charge < -0.3 is 8.94 Å². The fourth-order valence-electron chi connectivity index (χ4n) is 2.27. The second-order valence-corrected chi connectivity index (χ2v) is 7.38. The van der Waals surface area contributed by atoms with E-state index in [4.69, 9.17) is 8.94 Å². The van der Waals surface area contributed by atoms with Crippen LogP contribution in [0.1, 0.15) is 22.4 Å². The molecule has 1 N–H and O–H groups in total. The first-order valence-electron chi connectivity index (χ1n) is 7.41. The third-order valence-corrected chi connectivity index (χ3v) is 5.10. The van der Waals surface area contributed by atoms with E-state index in [9.17, 15) is 8.42 Å². The molecule has 0 aliphatic heterocycles. The molecule has 126 valence electrons. The number of sulfonamides is 1. The van der Waals surface area contributed by atoms with Crippen molar-refractivity contribution in [1.82, 2.24) is 5.16 Å². The molecule has 1 aromatic carbocycles.